The molecule has 4 nitrogen and oxygen atoms in total. The lowest BCUT2D eigenvalue weighted by Crippen LogP contribution is -2.38. The fourth-order valence-corrected chi connectivity index (χ4v) is 3.82. The standard InChI is InChI=1S/C11H17NO3S2/c1-10(9-16(3)13)12(2)17(14,15)11-7-5-4-6-8-11/h4-8,10H,9H2,1-3H3/t10-,16-/m1/s1. The van der Waals surface area contributed by atoms with E-state index >= 15 is 0 Å². The summed E-state index contributed by atoms with van der Waals surface area (Å²) >= 11 is 0. The second-order valence-corrected chi connectivity index (χ2v) is 7.40. The van der Waals surface area contributed by atoms with Gasteiger partial charge in [0.25, 0.3) is 0 Å². The summed E-state index contributed by atoms with van der Waals surface area (Å²) in [6.45, 7) is 1.75. The van der Waals surface area contributed by atoms with Gasteiger partial charge in [0, 0.05) is 35.9 Å². The summed E-state index contributed by atoms with van der Waals surface area (Å²) in [7, 11) is -2.98. The molecule has 0 unspecified atom stereocenters. The Morgan fingerprint density at radius 3 is 2.29 bits per heavy atom. The molecule has 0 saturated heterocycles. The van der Waals surface area contributed by atoms with Crippen LogP contribution < -0.4 is 0 Å². The maximum atomic E-state index is 12.2. The zero-order chi connectivity index (χ0) is 13.1. The summed E-state index contributed by atoms with van der Waals surface area (Å²) in [5.41, 5.74) is 0. The molecule has 0 aliphatic heterocycles. The van der Waals surface area contributed by atoms with E-state index in [1.165, 1.54) is 11.4 Å². The van der Waals surface area contributed by atoms with Crippen LogP contribution in [0.3, 0.4) is 0 Å². The predicted molar refractivity (Wildman–Crippen MR) is 69.8 cm³/mol. The normalized spacial score (nSPS) is 15.8. The Hall–Kier alpha value is -0.720. The van der Waals surface area contributed by atoms with Gasteiger partial charge in [-0.3, -0.25) is 4.21 Å². The molecular weight excluding hydrogens is 258 g/mol. The highest BCUT2D eigenvalue weighted by Gasteiger charge is 2.25. The van der Waals surface area contributed by atoms with E-state index in [0.717, 1.165) is 0 Å². The van der Waals surface area contributed by atoms with Crippen LogP contribution in [0.5, 0.6) is 0 Å². The molecule has 96 valence electrons. The summed E-state index contributed by atoms with van der Waals surface area (Å²) in [5.74, 6) is 0.336. The lowest BCUT2D eigenvalue weighted by Gasteiger charge is -2.23. The molecular formula is C11H17NO3S2. The van der Waals surface area contributed by atoms with Gasteiger partial charge in [-0.1, -0.05) is 18.2 Å². The molecule has 0 radical (unpaired) electrons. The molecule has 0 saturated carbocycles. The number of benzene rings is 1. The van der Waals surface area contributed by atoms with Crippen molar-refractivity contribution < 1.29 is 12.6 Å². The van der Waals surface area contributed by atoms with Crippen molar-refractivity contribution in [2.75, 3.05) is 19.1 Å². The molecule has 1 aromatic carbocycles. The van der Waals surface area contributed by atoms with Gasteiger partial charge in [-0.05, 0) is 19.1 Å². The quantitative estimate of drug-likeness (QED) is 0.808. The van der Waals surface area contributed by atoms with Crippen LogP contribution in [-0.2, 0) is 20.8 Å². The number of nitrogens with zero attached hydrogens (tertiary/aromatic N) is 1. The van der Waals surface area contributed by atoms with Crippen LogP contribution in [0.4, 0.5) is 0 Å². The molecule has 6 heteroatoms. The Bertz CT molecular complexity index is 485. The Labute approximate surface area is 105 Å². The maximum absolute atomic E-state index is 12.2. The largest absolute Gasteiger partial charge is 0.260 e. The third kappa shape index (κ3) is 3.62. The molecule has 0 amide bonds. The first-order chi connectivity index (χ1) is 7.85. The van der Waals surface area contributed by atoms with Crippen molar-refractivity contribution in [3.05, 3.63) is 30.3 Å². The fourth-order valence-electron chi connectivity index (χ4n) is 1.44. The van der Waals surface area contributed by atoms with Gasteiger partial charge in [-0.15, -0.1) is 0 Å². The molecule has 0 fully saturated rings. The first kappa shape index (κ1) is 14.3. The summed E-state index contributed by atoms with van der Waals surface area (Å²) < 4.78 is 36.7. The number of sulfonamides is 1. The lowest BCUT2D eigenvalue weighted by molar-refractivity contribution is 0.413. The topological polar surface area (TPSA) is 54.5 Å². The number of hydrogen-bond donors (Lipinski definition) is 0. The highest BCUT2D eigenvalue weighted by atomic mass is 32.2. The monoisotopic (exact) mass is 275 g/mol. The Balaban J connectivity index is 2.95. The predicted octanol–water partition coefficient (Wildman–Crippen LogP) is 1.07. The van der Waals surface area contributed by atoms with Gasteiger partial charge in [-0.25, -0.2) is 8.42 Å². The Kier molecular flexibility index (Phi) is 4.85. The van der Waals surface area contributed by atoms with Gasteiger partial charge in [0.2, 0.25) is 10.0 Å². The zero-order valence-corrected chi connectivity index (χ0v) is 11.8. The van der Waals surface area contributed by atoms with Gasteiger partial charge < -0.3 is 0 Å². The fraction of sp³-hybridized carbons (Fsp3) is 0.455. The Morgan fingerprint density at radius 2 is 1.82 bits per heavy atom. The van der Waals surface area contributed by atoms with E-state index in [9.17, 15) is 12.6 Å². The molecule has 1 rings (SSSR count). The van der Waals surface area contributed by atoms with E-state index in [2.05, 4.69) is 0 Å². The average molecular weight is 275 g/mol. The first-order valence-electron chi connectivity index (χ1n) is 5.19. The molecule has 0 aliphatic carbocycles. The van der Waals surface area contributed by atoms with Crippen LogP contribution in [0.1, 0.15) is 6.92 Å². The minimum Gasteiger partial charge on any atom is -0.260 e. The van der Waals surface area contributed by atoms with Gasteiger partial charge in [-0.2, -0.15) is 4.31 Å². The smallest absolute Gasteiger partial charge is 0.243 e. The minimum absolute atomic E-state index is 0.260. The molecule has 17 heavy (non-hydrogen) atoms. The van der Waals surface area contributed by atoms with Crippen LogP contribution in [0.15, 0.2) is 35.2 Å². The highest BCUT2D eigenvalue weighted by molar-refractivity contribution is 7.89. The minimum atomic E-state index is -3.48. The Morgan fingerprint density at radius 1 is 1.29 bits per heavy atom. The van der Waals surface area contributed by atoms with Crippen LogP contribution in [0.2, 0.25) is 0 Å². The summed E-state index contributed by atoms with van der Waals surface area (Å²) in [4.78, 5) is 0.260. The van der Waals surface area contributed by atoms with Crippen molar-refractivity contribution in [2.24, 2.45) is 0 Å². The number of rotatable bonds is 5. The molecule has 0 aliphatic rings. The van der Waals surface area contributed by atoms with Gasteiger partial charge in [0.05, 0.1) is 4.90 Å². The summed E-state index contributed by atoms with van der Waals surface area (Å²) in [5, 5.41) is 0. The molecule has 1 aromatic rings. The van der Waals surface area contributed by atoms with E-state index in [0.29, 0.717) is 5.75 Å². The third-order valence-electron chi connectivity index (χ3n) is 2.52. The zero-order valence-electron chi connectivity index (χ0n) is 10.2. The molecule has 0 heterocycles. The second-order valence-electron chi connectivity index (χ2n) is 3.92. The van der Waals surface area contributed by atoms with Crippen molar-refractivity contribution in [2.45, 2.75) is 17.9 Å². The van der Waals surface area contributed by atoms with Crippen molar-refractivity contribution in [3.63, 3.8) is 0 Å². The second kappa shape index (κ2) is 5.75. The average Bonchev–Trinajstić information content (AvgIpc) is 2.28. The van der Waals surface area contributed by atoms with Crippen molar-refractivity contribution in [1.82, 2.24) is 4.31 Å². The van der Waals surface area contributed by atoms with Crippen molar-refractivity contribution in [1.29, 1.82) is 0 Å². The van der Waals surface area contributed by atoms with Gasteiger partial charge >= 0.3 is 0 Å². The number of hydrogen-bond acceptors (Lipinski definition) is 3. The maximum Gasteiger partial charge on any atom is 0.243 e. The van der Waals surface area contributed by atoms with Crippen LogP contribution >= 0.6 is 0 Å². The van der Waals surface area contributed by atoms with Crippen molar-refractivity contribution in [3.8, 4) is 0 Å². The molecule has 0 aromatic heterocycles. The summed E-state index contributed by atoms with van der Waals surface area (Å²) in [6.07, 6.45) is 1.57. The van der Waals surface area contributed by atoms with Crippen LogP contribution in [0.25, 0.3) is 0 Å². The van der Waals surface area contributed by atoms with Crippen LogP contribution in [0, 0.1) is 0 Å². The van der Waals surface area contributed by atoms with E-state index in [1.54, 1.807) is 43.5 Å². The molecule has 0 N–H and O–H groups in total. The summed E-state index contributed by atoms with van der Waals surface area (Å²) in [6, 6.07) is 7.96. The van der Waals surface area contributed by atoms with Gasteiger partial charge in [0.1, 0.15) is 0 Å². The SMILES string of the molecule is C[C@H](C[S@@](C)=O)N(C)S(=O)(=O)c1ccccc1. The molecule has 2 atom stereocenters. The first-order valence-corrected chi connectivity index (χ1v) is 8.35. The molecule has 0 spiro atoms. The molecule has 0 bridgehead atoms. The highest BCUT2D eigenvalue weighted by Crippen LogP contribution is 2.16. The third-order valence-corrected chi connectivity index (χ3v) is 5.45. The van der Waals surface area contributed by atoms with Crippen molar-refractivity contribution >= 4 is 20.8 Å². The van der Waals surface area contributed by atoms with Crippen LogP contribution in [-0.4, -0.2) is 42.0 Å². The van der Waals surface area contributed by atoms with E-state index in [4.69, 9.17) is 0 Å². The van der Waals surface area contributed by atoms with E-state index in [1.807, 2.05) is 0 Å². The van der Waals surface area contributed by atoms with E-state index < -0.39 is 20.8 Å². The lowest BCUT2D eigenvalue weighted by atomic mass is 10.4. The van der Waals surface area contributed by atoms with Gasteiger partial charge in [0.15, 0.2) is 0 Å². The van der Waals surface area contributed by atoms with E-state index in [-0.39, 0.29) is 10.9 Å².